The second kappa shape index (κ2) is 5.50. The van der Waals surface area contributed by atoms with Crippen LogP contribution in [0.1, 0.15) is 40.5 Å². The Bertz CT molecular complexity index is 314. The van der Waals surface area contributed by atoms with E-state index in [1.54, 1.807) is 0 Å². The summed E-state index contributed by atoms with van der Waals surface area (Å²) in [7, 11) is 0. The first-order valence-electron chi connectivity index (χ1n) is 6.20. The molecule has 96 valence electrons. The first-order chi connectivity index (χ1) is 7.83. The zero-order valence-corrected chi connectivity index (χ0v) is 11.2. The predicted molar refractivity (Wildman–Crippen MR) is 65.2 cm³/mol. The van der Waals surface area contributed by atoms with Crippen LogP contribution in [0.3, 0.4) is 0 Å². The Hall–Kier alpha value is -1.08. The Morgan fingerprint density at radius 1 is 1.59 bits per heavy atom. The van der Waals surface area contributed by atoms with E-state index < -0.39 is 5.60 Å². The summed E-state index contributed by atoms with van der Waals surface area (Å²) in [5.41, 5.74) is -0.438. The largest absolute Gasteiger partial charge is 0.459 e. The molecule has 17 heavy (non-hydrogen) atoms. The van der Waals surface area contributed by atoms with Crippen LogP contribution in [0.4, 0.5) is 0 Å². The summed E-state index contributed by atoms with van der Waals surface area (Å²) in [6.45, 7) is 9.05. The van der Waals surface area contributed by atoms with Crippen LogP contribution in [0.2, 0.25) is 0 Å². The highest BCUT2D eigenvalue weighted by atomic mass is 16.6. The summed E-state index contributed by atoms with van der Waals surface area (Å²) in [5, 5.41) is 8.81. The lowest BCUT2D eigenvalue weighted by molar-refractivity contribution is -0.160. The van der Waals surface area contributed by atoms with Crippen molar-refractivity contribution in [1.29, 1.82) is 5.26 Å². The van der Waals surface area contributed by atoms with Crippen molar-refractivity contribution in [2.45, 2.75) is 52.2 Å². The van der Waals surface area contributed by atoms with Gasteiger partial charge in [0, 0.05) is 6.54 Å². The van der Waals surface area contributed by atoms with Gasteiger partial charge in [-0.2, -0.15) is 5.26 Å². The van der Waals surface area contributed by atoms with E-state index in [2.05, 4.69) is 11.0 Å². The van der Waals surface area contributed by atoms with Crippen molar-refractivity contribution in [2.24, 2.45) is 5.92 Å². The molecule has 0 N–H and O–H groups in total. The minimum absolute atomic E-state index is 0.0435. The number of ether oxygens (including phenoxy) is 1. The zero-order chi connectivity index (χ0) is 13.1. The molecule has 1 aliphatic heterocycles. The van der Waals surface area contributed by atoms with Gasteiger partial charge in [0.1, 0.15) is 11.6 Å². The maximum absolute atomic E-state index is 12.0. The fraction of sp³-hybridized carbons (Fsp3) is 0.846. The molecule has 1 heterocycles. The maximum Gasteiger partial charge on any atom is 0.323 e. The van der Waals surface area contributed by atoms with Crippen LogP contribution in [0.5, 0.6) is 0 Å². The van der Waals surface area contributed by atoms with E-state index in [-0.39, 0.29) is 17.9 Å². The number of hydrogen-bond acceptors (Lipinski definition) is 4. The van der Waals surface area contributed by atoms with E-state index in [1.807, 2.05) is 27.7 Å². The van der Waals surface area contributed by atoms with Crippen LogP contribution in [0.25, 0.3) is 0 Å². The molecular weight excluding hydrogens is 216 g/mol. The van der Waals surface area contributed by atoms with Gasteiger partial charge in [0.2, 0.25) is 0 Å². The van der Waals surface area contributed by atoms with Gasteiger partial charge < -0.3 is 4.74 Å². The number of rotatable bonds is 3. The topological polar surface area (TPSA) is 53.3 Å². The Balaban J connectivity index is 2.57. The molecule has 0 aromatic rings. The maximum atomic E-state index is 12.0. The second-order valence-corrected chi connectivity index (χ2v) is 5.72. The molecule has 1 unspecified atom stereocenters. The van der Waals surface area contributed by atoms with Crippen molar-refractivity contribution in [3.05, 3.63) is 0 Å². The summed E-state index contributed by atoms with van der Waals surface area (Å²) < 4.78 is 5.40. The number of carbonyl (C=O) groups is 1. The number of esters is 1. The normalized spacial score (nSPS) is 23.1. The van der Waals surface area contributed by atoms with E-state index in [0.717, 1.165) is 19.4 Å². The average Bonchev–Trinajstić information content (AvgIpc) is 2.63. The molecule has 1 saturated heterocycles. The molecule has 0 aliphatic carbocycles. The van der Waals surface area contributed by atoms with E-state index in [0.29, 0.717) is 6.54 Å². The molecule has 0 aromatic heterocycles. The average molecular weight is 238 g/mol. The zero-order valence-electron chi connectivity index (χ0n) is 11.2. The van der Waals surface area contributed by atoms with Crippen LogP contribution >= 0.6 is 0 Å². The third-order valence-electron chi connectivity index (χ3n) is 2.77. The monoisotopic (exact) mass is 238 g/mol. The molecule has 0 radical (unpaired) electrons. The molecule has 0 bridgehead atoms. The number of nitriles is 1. The Kier molecular flexibility index (Phi) is 4.53. The van der Waals surface area contributed by atoms with E-state index in [1.165, 1.54) is 0 Å². The van der Waals surface area contributed by atoms with E-state index >= 15 is 0 Å². The molecule has 1 fully saturated rings. The molecule has 0 aromatic carbocycles. The van der Waals surface area contributed by atoms with Gasteiger partial charge in [-0.3, -0.25) is 9.69 Å². The lowest BCUT2D eigenvalue weighted by Gasteiger charge is -2.27. The molecule has 0 amide bonds. The van der Waals surface area contributed by atoms with Gasteiger partial charge in [0.05, 0.1) is 12.0 Å². The molecule has 4 nitrogen and oxygen atoms in total. The number of carbonyl (C=O) groups excluding carboxylic acids is 1. The minimum Gasteiger partial charge on any atom is -0.459 e. The van der Waals surface area contributed by atoms with Crippen molar-refractivity contribution in [2.75, 3.05) is 13.1 Å². The Morgan fingerprint density at radius 2 is 2.24 bits per heavy atom. The van der Waals surface area contributed by atoms with Gasteiger partial charge in [0.25, 0.3) is 0 Å². The first kappa shape index (κ1) is 14.0. The van der Waals surface area contributed by atoms with Crippen molar-refractivity contribution < 1.29 is 9.53 Å². The lowest BCUT2D eigenvalue weighted by Crippen LogP contribution is -2.42. The van der Waals surface area contributed by atoms with Crippen molar-refractivity contribution >= 4 is 5.97 Å². The smallest absolute Gasteiger partial charge is 0.323 e. The summed E-state index contributed by atoms with van der Waals surface area (Å²) in [6.07, 6.45) is 1.84. The predicted octanol–water partition coefficient (Wildman–Crippen LogP) is 1.95. The number of likely N-dealkylation sites (tertiary alicyclic amines) is 1. The van der Waals surface area contributed by atoms with Gasteiger partial charge in [-0.25, -0.2) is 0 Å². The van der Waals surface area contributed by atoms with Crippen molar-refractivity contribution in [3.63, 3.8) is 0 Å². The number of nitrogens with zero attached hydrogens (tertiary/aromatic N) is 2. The van der Waals surface area contributed by atoms with E-state index in [9.17, 15) is 4.79 Å². The van der Waals surface area contributed by atoms with Crippen molar-refractivity contribution in [1.82, 2.24) is 4.90 Å². The van der Waals surface area contributed by atoms with Crippen LogP contribution < -0.4 is 0 Å². The number of hydrogen-bond donors (Lipinski definition) is 0. The standard InChI is InChI=1S/C13H22N2O2/c1-10(8-14)9-15-7-5-6-11(15)12(16)17-13(2,3)4/h10-11H,5-7,9H2,1-4H3/t10?,11-/m0/s1. The van der Waals surface area contributed by atoms with Gasteiger partial charge in [0.15, 0.2) is 0 Å². The Morgan fingerprint density at radius 3 is 2.76 bits per heavy atom. The minimum atomic E-state index is -0.438. The fourth-order valence-electron chi connectivity index (χ4n) is 2.07. The Labute approximate surface area is 104 Å². The molecule has 1 aliphatic rings. The van der Waals surface area contributed by atoms with Gasteiger partial charge in [-0.1, -0.05) is 0 Å². The third kappa shape index (κ3) is 4.35. The second-order valence-electron chi connectivity index (χ2n) is 5.72. The summed E-state index contributed by atoms with van der Waals surface area (Å²) in [4.78, 5) is 14.1. The highest BCUT2D eigenvalue weighted by molar-refractivity contribution is 5.76. The molecule has 0 spiro atoms. The van der Waals surface area contributed by atoms with Crippen LogP contribution in [0.15, 0.2) is 0 Å². The highest BCUT2D eigenvalue weighted by Crippen LogP contribution is 2.21. The molecule has 2 atom stereocenters. The summed E-state index contributed by atoms with van der Waals surface area (Å²) >= 11 is 0. The van der Waals surface area contributed by atoms with Crippen LogP contribution in [-0.2, 0) is 9.53 Å². The highest BCUT2D eigenvalue weighted by Gasteiger charge is 2.34. The first-order valence-corrected chi connectivity index (χ1v) is 6.20. The van der Waals surface area contributed by atoms with Gasteiger partial charge in [-0.05, 0) is 47.1 Å². The van der Waals surface area contributed by atoms with Gasteiger partial charge in [-0.15, -0.1) is 0 Å². The summed E-state index contributed by atoms with van der Waals surface area (Å²) in [5.74, 6) is -0.196. The molecule has 1 rings (SSSR count). The third-order valence-corrected chi connectivity index (χ3v) is 2.77. The van der Waals surface area contributed by atoms with Crippen LogP contribution in [0, 0.1) is 17.2 Å². The van der Waals surface area contributed by atoms with Gasteiger partial charge >= 0.3 is 5.97 Å². The quantitative estimate of drug-likeness (QED) is 0.705. The fourth-order valence-corrected chi connectivity index (χ4v) is 2.07. The van der Waals surface area contributed by atoms with Crippen LogP contribution in [-0.4, -0.2) is 35.6 Å². The molecular formula is C13H22N2O2. The van der Waals surface area contributed by atoms with Crippen molar-refractivity contribution in [3.8, 4) is 6.07 Å². The molecule has 4 heteroatoms. The molecule has 0 saturated carbocycles. The lowest BCUT2D eigenvalue weighted by atomic mass is 10.1. The summed E-state index contributed by atoms with van der Waals surface area (Å²) in [6, 6.07) is 2.04. The SMILES string of the molecule is CC(C#N)CN1CCC[C@H]1C(=O)OC(C)(C)C. The van der Waals surface area contributed by atoms with E-state index in [4.69, 9.17) is 10.00 Å².